The van der Waals surface area contributed by atoms with Gasteiger partial charge in [-0.1, -0.05) is 12.1 Å². The summed E-state index contributed by atoms with van der Waals surface area (Å²) in [7, 11) is 0. The second kappa shape index (κ2) is 9.24. The molecule has 0 bridgehead atoms. The van der Waals surface area contributed by atoms with Crippen molar-refractivity contribution in [2.75, 3.05) is 19.8 Å². The van der Waals surface area contributed by atoms with Crippen LogP contribution in [0.5, 0.6) is 0 Å². The average molecular weight is 336 g/mol. The van der Waals surface area contributed by atoms with Gasteiger partial charge in [0.1, 0.15) is 0 Å². The number of benzene rings is 1. The molecule has 1 aliphatic rings. The van der Waals surface area contributed by atoms with Crippen molar-refractivity contribution in [2.24, 2.45) is 5.92 Å². The van der Waals surface area contributed by atoms with Crippen LogP contribution in [-0.4, -0.2) is 48.1 Å². The van der Waals surface area contributed by atoms with Crippen molar-refractivity contribution in [2.45, 2.75) is 31.8 Å². The summed E-state index contributed by atoms with van der Waals surface area (Å²) in [5.74, 6) is -0.665. The zero-order valence-corrected chi connectivity index (χ0v) is 13.5. The third-order valence-corrected chi connectivity index (χ3v) is 4.25. The summed E-state index contributed by atoms with van der Waals surface area (Å²) in [4.78, 5) is 22.9. The number of aliphatic hydroxyl groups is 1. The molecule has 132 valence electrons. The average Bonchev–Trinajstić information content (AvgIpc) is 2.60. The zero-order valence-electron chi connectivity index (χ0n) is 13.5. The van der Waals surface area contributed by atoms with E-state index < -0.39 is 5.97 Å². The first-order valence-corrected chi connectivity index (χ1v) is 8.15. The minimum absolute atomic E-state index is 0.0267. The van der Waals surface area contributed by atoms with Gasteiger partial charge in [0.15, 0.2) is 0 Å². The molecule has 1 aromatic carbocycles. The number of nitrogens with one attached hydrogen (secondary N) is 2. The van der Waals surface area contributed by atoms with E-state index in [2.05, 4.69) is 10.6 Å². The Hall–Kier alpha value is -2.12. The van der Waals surface area contributed by atoms with E-state index in [9.17, 15) is 14.7 Å². The summed E-state index contributed by atoms with van der Waals surface area (Å²) in [5.41, 5.74) is 1.03. The van der Waals surface area contributed by atoms with E-state index in [4.69, 9.17) is 9.84 Å². The molecule has 1 saturated heterocycles. The maximum atomic E-state index is 12.1. The zero-order chi connectivity index (χ0) is 17.4. The molecule has 0 aliphatic carbocycles. The summed E-state index contributed by atoms with van der Waals surface area (Å²) in [5, 5.41) is 23.8. The molecule has 0 aromatic heterocycles. The van der Waals surface area contributed by atoms with Gasteiger partial charge in [-0.2, -0.15) is 0 Å². The van der Waals surface area contributed by atoms with Crippen molar-refractivity contribution in [3.63, 3.8) is 0 Å². The summed E-state index contributed by atoms with van der Waals surface area (Å²) in [6.07, 6.45) is 2.27. The third kappa shape index (κ3) is 5.50. The molecular weight excluding hydrogens is 312 g/mol. The highest BCUT2D eigenvalue weighted by molar-refractivity contribution is 5.87. The van der Waals surface area contributed by atoms with Gasteiger partial charge in [-0.25, -0.2) is 9.59 Å². The molecule has 0 spiro atoms. The number of amides is 2. The number of carbonyl (C=O) groups is 2. The molecule has 24 heavy (non-hydrogen) atoms. The summed E-state index contributed by atoms with van der Waals surface area (Å²) >= 11 is 0. The van der Waals surface area contributed by atoms with Crippen LogP contribution in [-0.2, 0) is 11.3 Å². The van der Waals surface area contributed by atoms with Crippen molar-refractivity contribution in [3.8, 4) is 0 Å². The van der Waals surface area contributed by atoms with Gasteiger partial charge >= 0.3 is 12.0 Å². The second-order valence-corrected chi connectivity index (χ2v) is 5.90. The molecule has 2 rings (SSSR count). The summed E-state index contributed by atoms with van der Waals surface area (Å²) in [6, 6.07) is 6.00. The number of carboxylic acid groups (broad SMARTS) is 1. The molecule has 7 heteroatoms. The van der Waals surface area contributed by atoms with E-state index in [0.29, 0.717) is 32.1 Å². The molecule has 0 radical (unpaired) electrons. The van der Waals surface area contributed by atoms with E-state index in [1.54, 1.807) is 12.1 Å². The van der Waals surface area contributed by atoms with Crippen LogP contribution in [0.15, 0.2) is 24.3 Å². The Morgan fingerprint density at radius 2 is 1.88 bits per heavy atom. The number of hydrogen-bond acceptors (Lipinski definition) is 4. The molecule has 1 aliphatic heterocycles. The second-order valence-electron chi connectivity index (χ2n) is 5.90. The van der Waals surface area contributed by atoms with Gasteiger partial charge in [0.05, 0.1) is 5.56 Å². The quantitative estimate of drug-likeness (QED) is 0.601. The first-order chi connectivity index (χ1) is 11.6. The number of aliphatic hydroxyl groups excluding tert-OH is 1. The lowest BCUT2D eigenvalue weighted by atomic mass is 9.90. The van der Waals surface area contributed by atoms with E-state index in [0.717, 1.165) is 18.4 Å². The highest BCUT2D eigenvalue weighted by Gasteiger charge is 2.25. The largest absolute Gasteiger partial charge is 0.478 e. The maximum Gasteiger partial charge on any atom is 0.335 e. The van der Waals surface area contributed by atoms with Gasteiger partial charge in [0, 0.05) is 32.4 Å². The van der Waals surface area contributed by atoms with E-state index >= 15 is 0 Å². The predicted molar refractivity (Wildman–Crippen MR) is 87.8 cm³/mol. The monoisotopic (exact) mass is 336 g/mol. The molecule has 4 N–H and O–H groups in total. The molecule has 0 saturated carbocycles. The van der Waals surface area contributed by atoms with Crippen molar-refractivity contribution in [1.82, 2.24) is 10.6 Å². The number of aromatic carboxylic acids is 1. The standard InChI is InChI=1S/C17H24N2O5/c20-8-5-15(13-6-9-24-10-7-13)19-17(23)18-11-12-1-3-14(4-2-12)16(21)22/h1-4,13,15,20H,5-11H2,(H,21,22)(H2,18,19,23). The molecule has 1 aromatic rings. The van der Waals surface area contributed by atoms with E-state index in [1.165, 1.54) is 12.1 Å². The molecule has 1 fully saturated rings. The predicted octanol–water partition coefficient (Wildman–Crippen LogP) is 1.36. The molecule has 7 nitrogen and oxygen atoms in total. The normalized spacial score (nSPS) is 16.4. The number of hydrogen-bond donors (Lipinski definition) is 4. The van der Waals surface area contributed by atoms with Crippen LogP contribution >= 0.6 is 0 Å². The number of carbonyl (C=O) groups excluding carboxylic acids is 1. The molecular formula is C17H24N2O5. The summed E-state index contributed by atoms with van der Waals surface area (Å²) < 4.78 is 5.33. The van der Waals surface area contributed by atoms with Crippen LogP contribution < -0.4 is 10.6 Å². The lowest BCUT2D eigenvalue weighted by molar-refractivity contribution is 0.0513. The number of ether oxygens (including phenoxy) is 1. The Kier molecular flexibility index (Phi) is 7.02. The maximum absolute atomic E-state index is 12.1. The fourth-order valence-corrected chi connectivity index (χ4v) is 2.85. The van der Waals surface area contributed by atoms with Crippen LogP contribution in [0.3, 0.4) is 0 Å². The van der Waals surface area contributed by atoms with Crippen LogP contribution in [0, 0.1) is 5.92 Å². The minimum atomic E-state index is -0.976. The lowest BCUT2D eigenvalue weighted by Gasteiger charge is -2.30. The smallest absolute Gasteiger partial charge is 0.335 e. The SMILES string of the molecule is O=C(NCc1ccc(C(=O)O)cc1)NC(CCO)C1CCOCC1. The first kappa shape index (κ1) is 18.2. The van der Waals surface area contributed by atoms with Crippen molar-refractivity contribution in [1.29, 1.82) is 0 Å². The number of urea groups is 1. The fraction of sp³-hybridized carbons (Fsp3) is 0.529. The van der Waals surface area contributed by atoms with Crippen LogP contribution in [0.1, 0.15) is 35.2 Å². The molecule has 1 unspecified atom stereocenters. The Morgan fingerprint density at radius 1 is 1.21 bits per heavy atom. The van der Waals surface area contributed by atoms with Gasteiger partial charge in [-0.15, -0.1) is 0 Å². The summed E-state index contributed by atoms with van der Waals surface area (Å²) in [6.45, 7) is 1.71. The highest BCUT2D eigenvalue weighted by Crippen LogP contribution is 2.20. The lowest BCUT2D eigenvalue weighted by Crippen LogP contribution is -2.47. The Morgan fingerprint density at radius 3 is 2.46 bits per heavy atom. The fourth-order valence-electron chi connectivity index (χ4n) is 2.85. The van der Waals surface area contributed by atoms with E-state index in [-0.39, 0.29) is 24.2 Å². The van der Waals surface area contributed by atoms with Crippen molar-refractivity contribution >= 4 is 12.0 Å². The van der Waals surface area contributed by atoms with Crippen LogP contribution in [0.2, 0.25) is 0 Å². The van der Waals surface area contributed by atoms with Gasteiger partial charge in [-0.3, -0.25) is 0 Å². The molecule has 1 atom stereocenters. The van der Waals surface area contributed by atoms with Gasteiger partial charge in [0.25, 0.3) is 0 Å². The van der Waals surface area contributed by atoms with Gasteiger partial charge in [-0.05, 0) is 42.9 Å². The van der Waals surface area contributed by atoms with Crippen molar-refractivity contribution in [3.05, 3.63) is 35.4 Å². The Labute approximate surface area is 141 Å². The number of carboxylic acids is 1. The van der Waals surface area contributed by atoms with Gasteiger partial charge in [0.2, 0.25) is 0 Å². The first-order valence-electron chi connectivity index (χ1n) is 8.15. The highest BCUT2D eigenvalue weighted by atomic mass is 16.5. The number of rotatable bonds is 7. The van der Waals surface area contributed by atoms with Crippen LogP contribution in [0.25, 0.3) is 0 Å². The van der Waals surface area contributed by atoms with Gasteiger partial charge < -0.3 is 25.6 Å². The minimum Gasteiger partial charge on any atom is -0.478 e. The van der Waals surface area contributed by atoms with E-state index in [1.807, 2.05) is 0 Å². The topological polar surface area (TPSA) is 108 Å². The molecule has 2 amide bonds. The Balaban J connectivity index is 1.82. The third-order valence-electron chi connectivity index (χ3n) is 4.25. The Bertz CT molecular complexity index is 540. The van der Waals surface area contributed by atoms with Crippen LogP contribution in [0.4, 0.5) is 4.79 Å². The molecule has 1 heterocycles. The van der Waals surface area contributed by atoms with Crippen molar-refractivity contribution < 1.29 is 24.5 Å².